The molecule has 2 nitrogen and oxygen atoms in total. The van der Waals surface area contributed by atoms with E-state index in [0.29, 0.717) is 0 Å². The van der Waals surface area contributed by atoms with Gasteiger partial charge in [-0.15, -0.1) is 0 Å². The summed E-state index contributed by atoms with van der Waals surface area (Å²) < 4.78 is 4.89. The smallest absolute Gasteiger partial charge is 0.0641 e. The number of benzene rings is 8. The molecule has 0 aliphatic rings. The van der Waals surface area contributed by atoms with Crippen LogP contribution in [0.3, 0.4) is 0 Å². The van der Waals surface area contributed by atoms with Gasteiger partial charge in [0.1, 0.15) is 0 Å². The van der Waals surface area contributed by atoms with Crippen molar-refractivity contribution in [1.82, 2.24) is 9.13 Å². The van der Waals surface area contributed by atoms with Gasteiger partial charge in [0, 0.05) is 32.9 Å². The van der Waals surface area contributed by atoms with Crippen molar-refractivity contribution >= 4 is 43.6 Å². The van der Waals surface area contributed by atoms with E-state index in [-0.39, 0.29) is 0 Å². The van der Waals surface area contributed by atoms with Gasteiger partial charge in [-0.2, -0.15) is 0 Å². The van der Waals surface area contributed by atoms with Gasteiger partial charge >= 0.3 is 0 Å². The number of para-hydroxylation sites is 2. The molecule has 0 saturated carbocycles. The normalized spacial score (nSPS) is 11.6. The Kier molecular flexibility index (Phi) is 6.53. The summed E-state index contributed by atoms with van der Waals surface area (Å²) in [5.74, 6) is 0. The van der Waals surface area contributed by atoms with Crippen LogP contribution in [0.1, 0.15) is 0 Å². The van der Waals surface area contributed by atoms with Gasteiger partial charge in [0.15, 0.2) is 0 Å². The lowest BCUT2D eigenvalue weighted by Gasteiger charge is -2.11. The molecule has 2 heteroatoms. The summed E-state index contributed by atoms with van der Waals surface area (Å²) >= 11 is 0. The molecule has 0 fully saturated rings. The summed E-state index contributed by atoms with van der Waals surface area (Å²) in [6.45, 7) is 0. The van der Waals surface area contributed by atoms with E-state index in [1.807, 2.05) is 0 Å². The van der Waals surface area contributed by atoms with Crippen LogP contribution in [0.15, 0.2) is 194 Å². The predicted octanol–water partition coefficient (Wildman–Crippen LogP) is 12.9. The van der Waals surface area contributed by atoms with Crippen LogP contribution in [0.25, 0.3) is 88.4 Å². The van der Waals surface area contributed by atoms with Gasteiger partial charge in [-0.3, -0.25) is 0 Å². The second kappa shape index (κ2) is 11.5. The van der Waals surface area contributed by atoms with Crippen LogP contribution in [0, 0.1) is 0 Å². The largest absolute Gasteiger partial charge is 0.309 e. The van der Waals surface area contributed by atoms with E-state index < -0.39 is 0 Å². The summed E-state index contributed by atoms with van der Waals surface area (Å²) in [4.78, 5) is 0. The summed E-state index contributed by atoms with van der Waals surface area (Å²) in [5, 5.41) is 5.02. The van der Waals surface area contributed by atoms with Crippen molar-refractivity contribution in [1.29, 1.82) is 0 Å². The van der Waals surface area contributed by atoms with E-state index in [1.54, 1.807) is 0 Å². The Morgan fingerprint density at radius 1 is 0.260 bits per heavy atom. The van der Waals surface area contributed by atoms with E-state index in [4.69, 9.17) is 0 Å². The van der Waals surface area contributed by atoms with Crippen LogP contribution in [0.5, 0.6) is 0 Å². The number of rotatable bonds is 5. The summed E-state index contributed by atoms with van der Waals surface area (Å²) in [5.41, 5.74) is 14.4. The number of fused-ring (bicyclic) bond motifs is 7. The molecule has 2 heterocycles. The highest BCUT2D eigenvalue weighted by molar-refractivity contribution is 6.26. The fraction of sp³-hybridized carbons (Fsp3) is 0. The highest BCUT2D eigenvalue weighted by Gasteiger charge is 2.21. The molecule has 0 aliphatic carbocycles. The zero-order valence-electron chi connectivity index (χ0n) is 27.4. The third-order valence-corrected chi connectivity index (χ3v) is 10.1. The van der Waals surface area contributed by atoms with E-state index in [2.05, 4.69) is 203 Å². The molecule has 234 valence electrons. The van der Waals surface area contributed by atoms with Gasteiger partial charge in [-0.05, 0) is 81.9 Å². The van der Waals surface area contributed by atoms with E-state index in [1.165, 1.54) is 77.0 Å². The zero-order valence-corrected chi connectivity index (χ0v) is 27.4. The molecule has 0 unspecified atom stereocenters. The minimum absolute atomic E-state index is 1.14. The second-order valence-electron chi connectivity index (χ2n) is 13.0. The molecule has 8 aromatic carbocycles. The van der Waals surface area contributed by atoms with Gasteiger partial charge in [0.05, 0.1) is 22.1 Å². The lowest BCUT2D eigenvalue weighted by atomic mass is 10.0. The van der Waals surface area contributed by atoms with Crippen molar-refractivity contribution in [2.45, 2.75) is 0 Å². The third-order valence-electron chi connectivity index (χ3n) is 10.1. The Morgan fingerprint density at radius 2 is 0.720 bits per heavy atom. The standard InChI is InChI=1S/C48H32N2/c1-4-12-33(13-5-1)35-20-22-36(23-21-35)37-24-27-40(28-25-37)49-45-30-26-38(34-14-6-2-7-15-34)32-43(45)47-46(49)31-29-42-41-18-10-11-19-44(41)50(48(42)47)39-16-8-3-9-17-39/h1-32H. The van der Waals surface area contributed by atoms with Crippen molar-refractivity contribution in [2.24, 2.45) is 0 Å². The topological polar surface area (TPSA) is 9.86 Å². The highest BCUT2D eigenvalue weighted by atomic mass is 15.0. The third kappa shape index (κ3) is 4.50. The quantitative estimate of drug-likeness (QED) is 0.178. The van der Waals surface area contributed by atoms with Gasteiger partial charge < -0.3 is 9.13 Å². The Morgan fingerprint density at radius 3 is 1.38 bits per heavy atom. The van der Waals surface area contributed by atoms with Crippen molar-refractivity contribution < 1.29 is 0 Å². The molecule has 50 heavy (non-hydrogen) atoms. The second-order valence-corrected chi connectivity index (χ2v) is 13.0. The molecule has 0 N–H and O–H groups in total. The van der Waals surface area contributed by atoms with Crippen molar-refractivity contribution in [3.8, 4) is 44.8 Å². The average Bonchev–Trinajstić information content (AvgIpc) is 3.71. The van der Waals surface area contributed by atoms with Crippen molar-refractivity contribution in [3.05, 3.63) is 194 Å². The van der Waals surface area contributed by atoms with Gasteiger partial charge in [-0.25, -0.2) is 0 Å². The number of hydrogen-bond acceptors (Lipinski definition) is 0. The molecule has 0 atom stereocenters. The van der Waals surface area contributed by atoms with Crippen LogP contribution < -0.4 is 0 Å². The first-order chi connectivity index (χ1) is 24.8. The fourth-order valence-electron chi connectivity index (χ4n) is 7.78. The van der Waals surface area contributed by atoms with Gasteiger partial charge in [-0.1, -0.05) is 146 Å². The van der Waals surface area contributed by atoms with Crippen LogP contribution >= 0.6 is 0 Å². The van der Waals surface area contributed by atoms with Crippen molar-refractivity contribution in [3.63, 3.8) is 0 Å². The van der Waals surface area contributed by atoms with Crippen molar-refractivity contribution in [2.75, 3.05) is 0 Å². The minimum atomic E-state index is 1.14. The molecule has 0 radical (unpaired) electrons. The lowest BCUT2D eigenvalue weighted by Crippen LogP contribution is -1.95. The maximum Gasteiger partial charge on any atom is 0.0641 e. The minimum Gasteiger partial charge on any atom is -0.309 e. The van der Waals surface area contributed by atoms with Crippen LogP contribution in [0.2, 0.25) is 0 Å². The van der Waals surface area contributed by atoms with Gasteiger partial charge in [0.2, 0.25) is 0 Å². The number of aromatic nitrogens is 2. The monoisotopic (exact) mass is 636 g/mol. The highest BCUT2D eigenvalue weighted by Crippen LogP contribution is 2.43. The first-order valence-electron chi connectivity index (χ1n) is 17.2. The first kappa shape index (κ1) is 28.4. The van der Waals surface area contributed by atoms with Crippen LogP contribution in [-0.2, 0) is 0 Å². The summed E-state index contributed by atoms with van der Waals surface area (Å²) in [7, 11) is 0. The van der Waals surface area contributed by atoms with Gasteiger partial charge in [0.25, 0.3) is 0 Å². The number of hydrogen-bond donors (Lipinski definition) is 0. The number of nitrogens with zero attached hydrogens (tertiary/aromatic N) is 2. The molecule has 0 aliphatic heterocycles. The summed E-state index contributed by atoms with van der Waals surface area (Å²) in [6.07, 6.45) is 0. The van der Waals surface area contributed by atoms with E-state index in [0.717, 1.165) is 11.4 Å². The Labute approximate surface area is 290 Å². The van der Waals surface area contributed by atoms with Crippen LogP contribution in [0.4, 0.5) is 0 Å². The molecule has 10 aromatic rings. The SMILES string of the molecule is c1ccc(-c2ccc(-c3ccc(-n4c5ccc(-c6ccccc6)cc5c5c4ccc4c6ccccc6n(-c6ccccc6)c45)cc3)cc2)cc1. The zero-order chi connectivity index (χ0) is 33.0. The van der Waals surface area contributed by atoms with Crippen LogP contribution in [-0.4, -0.2) is 9.13 Å². The Bertz CT molecular complexity index is 2810. The maximum absolute atomic E-state index is 2.45. The summed E-state index contributed by atoms with van der Waals surface area (Å²) in [6, 6.07) is 70.3. The molecule has 0 spiro atoms. The van der Waals surface area contributed by atoms with E-state index >= 15 is 0 Å². The molecule has 0 amide bonds. The predicted molar refractivity (Wildman–Crippen MR) is 211 cm³/mol. The molecular formula is C48H32N2. The average molecular weight is 637 g/mol. The maximum atomic E-state index is 2.45. The molecule has 2 aromatic heterocycles. The first-order valence-corrected chi connectivity index (χ1v) is 17.2. The Balaban J connectivity index is 1.21. The molecule has 10 rings (SSSR count). The van der Waals surface area contributed by atoms with E-state index in [9.17, 15) is 0 Å². The molecule has 0 saturated heterocycles. The molecular weight excluding hydrogens is 605 g/mol. The Hall–Kier alpha value is -6.64. The molecule has 0 bridgehead atoms. The fourth-order valence-corrected chi connectivity index (χ4v) is 7.78. The lowest BCUT2D eigenvalue weighted by molar-refractivity contribution is 1.17.